The van der Waals surface area contributed by atoms with Crippen LogP contribution in [-0.4, -0.2) is 25.8 Å². The van der Waals surface area contributed by atoms with Crippen molar-refractivity contribution in [2.24, 2.45) is 5.41 Å². The molecule has 7 rings (SSSR count). The maximum absolute atomic E-state index is 13.8. The molecular formula is C27H23N5O3. The quantitative estimate of drug-likeness (QED) is 0.335. The maximum atomic E-state index is 13.8. The van der Waals surface area contributed by atoms with Crippen LogP contribution in [0, 0.1) is 15.5 Å². The number of imidazole rings is 1. The van der Waals surface area contributed by atoms with Gasteiger partial charge in [0, 0.05) is 52.4 Å². The van der Waals surface area contributed by atoms with Crippen LogP contribution in [0.5, 0.6) is 0 Å². The average Bonchev–Trinajstić information content (AvgIpc) is 3.31. The Labute approximate surface area is 201 Å². The lowest BCUT2D eigenvalue weighted by molar-refractivity contribution is -0.573. The standard InChI is InChI=1S/C27H23N5O3/c1-26(24(33)31-25-29-15-18(30-25)14-17-8-6-7-13-28-17)16-27(32(34)35)21-11-4-2-9-19(21)23(26)20-10-3-5-12-22(20)27/h2-13,15,23H,14,16H2,1H3,(H2,29,30,31,33). The van der Waals surface area contributed by atoms with Crippen LogP contribution in [0.2, 0.25) is 0 Å². The number of hydrogen-bond donors (Lipinski definition) is 2. The molecule has 0 saturated heterocycles. The fourth-order valence-electron chi connectivity index (χ4n) is 6.01. The Kier molecular flexibility index (Phi) is 4.60. The van der Waals surface area contributed by atoms with Crippen molar-refractivity contribution in [2.75, 3.05) is 5.32 Å². The van der Waals surface area contributed by atoms with Gasteiger partial charge in [-0.3, -0.25) is 25.2 Å². The minimum atomic E-state index is -1.48. The predicted molar refractivity (Wildman–Crippen MR) is 129 cm³/mol. The highest BCUT2D eigenvalue weighted by molar-refractivity contribution is 5.96. The van der Waals surface area contributed by atoms with Gasteiger partial charge in [0.15, 0.2) is 0 Å². The summed E-state index contributed by atoms with van der Waals surface area (Å²) in [7, 11) is 0. The number of carbonyl (C=O) groups excluding carboxylic acids is 1. The zero-order valence-corrected chi connectivity index (χ0v) is 19.1. The largest absolute Gasteiger partial charge is 0.327 e. The van der Waals surface area contributed by atoms with Crippen LogP contribution >= 0.6 is 0 Å². The van der Waals surface area contributed by atoms with Gasteiger partial charge in [-0.05, 0) is 30.2 Å². The second-order valence-electron chi connectivity index (χ2n) is 9.53. The minimum absolute atomic E-state index is 0.0685. The number of pyridine rings is 1. The zero-order chi connectivity index (χ0) is 24.2. The van der Waals surface area contributed by atoms with Gasteiger partial charge in [-0.25, -0.2) is 4.98 Å². The van der Waals surface area contributed by atoms with E-state index >= 15 is 0 Å². The number of fused-ring (bicyclic) bond motifs is 1. The lowest BCUT2D eigenvalue weighted by Gasteiger charge is -2.52. The first-order valence-corrected chi connectivity index (χ1v) is 11.5. The van der Waals surface area contributed by atoms with Crippen LogP contribution in [0.4, 0.5) is 5.95 Å². The molecule has 1 atom stereocenters. The van der Waals surface area contributed by atoms with Gasteiger partial charge in [-0.1, -0.05) is 54.6 Å². The maximum Gasteiger partial charge on any atom is 0.273 e. The molecule has 2 bridgehead atoms. The number of nitrogens with one attached hydrogen (secondary N) is 2. The molecule has 0 saturated carbocycles. The summed E-state index contributed by atoms with van der Waals surface area (Å²) in [5, 5.41) is 15.7. The summed E-state index contributed by atoms with van der Waals surface area (Å²) >= 11 is 0. The van der Waals surface area contributed by atoms with E-state index in [0.717, 1.165) is 22.5 Å². The third kappa shape index (κ3) is 3.02. The van der Waals surface area contributed by atoms with E-state index in [9.17, 15) is 14.9 Å². The molecule has 2 heterocycles. The third-order valence-electron chi connectivity index (χ3n) is 7.48. The molecule has 0 aliphatic heterocycles. The number of rotatable bonds is 5. The fraction of sp³-hybridized carbons (Fsp3) is 0.222. The van der Waals surface area contributed by atoms with Crippen molar-refractivity contribution in [1.29, 1.82) is 0 Å². The van der Waals surface area contributed by atoms with Crippen LogP contribution in [0.25, 0.3) is 0 Å². The predicted octanol–water partition coefficient (Wildman–Crippen LogP) is 4.41. The molecule has 1 unspecified atom stereocenters. The normalized spacial score (nSPS) is 23.9. The van der Waals surface area contributed by atoms with Crippen LogP contribution in [0.15, 0.2) is 79.1 Å². The molecule has 0 spiro atoms. The molecule has 8 heteroatoms. The Bertz CT molecular complexity index is 1420. The third-order valence-corrected chi connectivity index (χ3v) is 7.48. The number of carbonyl (C=O) groups is 1. The summed E-state index contributed by atoms with van der Waals surface area (Å²) in [4.78, 5) is 38.2. The number of aromatic nitrogens is 3. The topological polar surface area (TPSA) is 114 Å². The van der Waals surface area contributed by atoms with Gasteiger partial charge in [0.05, 0.1) is 11.6 Å². The molecule has 0 fully saturated rings. The Morgan fingerprint density at radius 2 is 1.71 bits per heavy atom. The average molecular weight is 466 g/mol. The summed E-state index contributed by atoms with van der Waals surface area (Å²) in [5.74, 6) is -0.281. The van der Waals surface area contributed by atoms with Crippen LogP contribution in [0.1, 0.15) is 52.9 Å². The molecular weight excluding hydrogens is 442 g/mol. The second-order valence-corrected chi connectivity index (χ2v) is 9.53. The van der Waals surface area contributed by atoms with Gasteiger partial charge in [-0.15, -0.1) is 0 Å². The van der Waals surface area contributed by atoms with Crippen LogP contribution in [-0.2, 0) is 16.8 Å². The van der Waals surface area contributed by atoms with E-state index in [1.807, 2.05) is 73.7 Å². The molecule has 2 N–H and O–H groups in total. The molecule has 1 amide bonds. The lowest BCUT2D eigenvalue weighted by atomic mass is 9.49. The van der Waals surface area contributed by atoms with Gasteiger partial charge in [0.2, 0.25) is 11.9 Å². The summed E-state index contributed by atoms with van der Waals surface area (Å²) in [6.45, 7) is 1.83. The number of aromatic amines is 1. The second kappa shape index (κ2) is 7.59. The number of nitro groups is 1. The summed E-state index contributed by atoms with van der Waals surface area (Å²) in [6.07, 6.45) is 4.02. The zero-order valence-electron chi connectivity index (χ0n) is 19.1. The Balaban J connectivity index is 1.38. The van der Waals surface area contributed by atoms with Gasteiger partial charge < -0.3 is 4.98 Å². The molecule has 8 nitrogen and oxygen atoms in total. The van der Waals surface area contributed by atoms with E-state index in [4.69, 9.17) is 0 Å². The molecule has 4 aromatic rings. The van der Waals surface area contributed by atoms with Gasteiger partial charge in [0.1, 0.15) is 0 Å². The van der Waals surface area contributed by atoms with Crippen LogP contribution < -0.4 is 5.32 Å². The molecule has 174 valence electrons. The smallest absolute Gasteiger partial charge is 0.273 e. The van der Waals surface area contributed by atoms with E-state index in [1.54, 1.807) is 12.4 Å². The van der Waals surface area contributed by atoms with Crippen LogP contribution in [0.3, 0.4) is 0 Å². The SMILES string of the molecule is CC1(C(=O)Nc2ncc(Cc3ccccn3)[nH]2)CC2([N+](=O)[O-])c3ccccc3C1c1ccccc12. The highest BCUT2D eigenvalue weighted by Crippen LogP contribution is 2.63. The van der Waals surface area contributed by atoms with Crippen molar-refractivity contribution in [1.82, 2.24) is 15.0 Å². The first-order valence-electron chi connectivity index (χ1n) is 11.5. The first-order chi connectivity index (χ1) is 16.9. The fourth-order valence-corrected chi connectivity index (χ4v) is 6.01. The monoisotopic (exact) mass is 465 g/mol. The molecule has 3 aliphatic carbocycles. The highest BCUT2D eigenvalue weighted by Gasteiger charge is 2.67. The molecule has 0 radical (unpaired) electrons. The van der Waals surface area contributed by atoms with E-state index in [2.05, 4.69) is 20.3 Å². The Morgan fingerprint density at radius 3 is 2.34 bits per heavy atom. The van der Waals surface area contributed by atoms with E-state index in [1.165, 1.54) is 0 Å². The minimum Gasteiger partial charge on any atom is -0.327 e. The lowest BCUT2D eigenvalue weighted by Crippen LogP contribution is -2.57. The van der Waals surface area contributed by atoms with Crippen molar-refractivity contribution in [3.63, 3.8) is 0 Å². The van der Waals surface area contributed by atoms with Crippen molar-refractivity contribution in [3.05, 3.63) is 123 Å². The number of H-pyrrole nitrogens is 1. The number of anilines is 1. The number of hydrogen-bond acceptors (Lipinski definition) is 5. The van der Waals surface area contributed by atoms with E-state index in [-0.39, 0.29) is 23.2 Å². The first kappa shape index (κ1) is 21.2. The summed E-state index contributed by atoms with van der Waals surface area (Å²) in [5.41, 5.74) is 2.18. The van der Waals surface area contributed by atoms with Crippen molar-refractivity contribution < 1.29 is 9.72 Å². The molecule has 2 aromatic heterocycles. The Hall–Kier alpha value is -4.33. The van der Waals surface area contributed by atoms with Gasteiger partial charge in [-0.2, -0.15) is 0 Å². The van der Waals surface area contributed by atoms with E-state index < -0.39 is 11.0 Å². The molecule has 35 heavy (non-hydrogen) atoms. The van der Waals surface area contributed by atoms with Crippen molar-refractivity contribution in [3.8, 4) is 0 Å². The Morgan fingerprint density at radius 1 is 1.06 bits per heavy atom. The molecule has 3 aliphatic rings. The highest BCUT2D eigenvalue weighted by atomic mass is 16.6. The summed E-state index contributed by atoms with van der Waals surface area (Å²) in [6, 6.07) is 20.6. The number of amides is 1. The van der Waals surface area contributed by atoms with Crippen molar-refractivity contribution >= 4 is 11.9 Å². The van der Waals surface area contributed by atoms with Crippen molar-refractivity contribution in [2.45, 2.75) is 31.2 Å². The summed E-state index contributed by atoms with van der Waals surface area (Å²) < 4.78 is 0. The van der Waals surface area contributed by atoms with E-state index in [0.29, 0.717) is 23.5 Å². The molecule has 2 aromatic carbocycles. The number of benzene rings is 2. The number of nitrogens with zero attached hydrogens (tertiary/aromatic N) is 3. The van der Waals surface area contributed by atoms with Gasteiger partial charge >= 0.3 is 0 Å². The van der Waals surface area contributed by atoms with Gasteiger partial charge in [0.25, 0.3) is 5.54 Å².